The standard InChI is InChI=1S/C27H29N3O3/c1-2-20-9-8-12-23(17-20)33-19-22(31)18-30-25-14-7-6-13-24(25)29-26(30)15-16-28-27(32)21-10-4-3-5-11-21/h3-14,17,22,31H,2,15-16,18-19H2,1H3,(H,28,32). The zero-order chi connectivity index (χ0) is 23.0. The van der Waals surface area contributed by atoms with Crippen LogP contribution in [-0.4, -0.2) is 39.8 Å². The molecule has 0 saturated carbocycles. The number of carbonyl (C=O) groups is 1. The van der Waals surface area contributed by atoms with Crippen molar-refractivity contribution in [3.8, 4) is 5.75 Å². The first-order valence-electron chi connectivity index (χ1n) is 11.3. The third-order valence-electron chi connectivity index (χ3n) is 5.55. The molecule has 4 rings (SSSR count). The topological polar surface area (TPSA) is 76.4 Å². The van der Waals surface area contributed by atoms with Gasteiger partial charge in [0.15, 0.2) is 0 Å². The molecule has 4 aromatic rings. The fraction of sp³-hybridized carbons (Fsp3) is 0.259. The van der Waals surface area contributed by atoms with Gasteiger partial charge in [0.05, 0.1) is 17.6 Å². The molecule has 33 heavy (non-hydrogen) atoms. The fourth-order valence-electron chi connectivity index (χ4n) is 3.81. The summed E-state index contributed by atoms with van der Waals surface area (Å²) in [6.07, 6.45) is 0.787. The molecule has 2 N–H and O–H groups in total. The van der Waals surface area contributed by atoms with E-state index in [1.54, 1.807) is 12.1 Å². The molecule has 1 unspecified atom stereocenters. The Balaban J connectivity index is 1.41. The minimum Gasteiger partial charge on any atom is -0.491 e. The number of hydrogen-bond donors (Lipinski definition) is 2. The number of aryl methyl sites for hydroxylation is 1. The van der Waals surface area contributed by atoms with Gasteiger partial charge in [-0.15, -0.1) is 0 Å². The third kappa shape index (κ3) is 5.79. The fourth-order valence-corrected chi connectivity index (χ4v) is 3.81. The molecule has 6 nitrogen and oxygen atoms in total. The first kappa shape index (κ1) is 22.6. The lowest BCUT2D eigenvalue weighted by Crippen LogP contribution is -2.28. The van der Waals surface area contributed by atoms with Crippen LogP contribution in [0.1, 0.15) is 28.7 Å². The summed E-state index contributed by atoms with van der Waals surface area (Å²) in [6.45, 7) is 3.09. The number of aliphatic hydroxyl groups excluding tert-OH is 1. The normalized spacial score (nSPS) is 11.9. The van der Waals surface area contributed by atoms with E-state index < -0.39 is 6.10 Å². The summed E-state index contributed by atoms with van der Waals surface area (Å²) in [6, 6.07) is 24.9. The lowest BCUT2D eigenvalue weighted by atomic mass is 10.2. The summed E-state index contributed by atoms with van der Waals surface area (Å²) in [5, 5.41) is 13.7. The number of ether oxygens (including phenoxy) is 1. The van der Waals surface area contributed by atoms with Crippen LogP contribution in [-0.2, 0) is 19.4 Å². The maximum atomic E-state index is 12.3. The molecule has 1 amide bonds. The van der Waals surface area contributed by atoms with E-state index in [0.29, 0.717) is 25.1 Å². The van der Waals surface area contributed by atoms with E-state index in [-0.39, 0.29) is 12.5 Å². The average Bonchev–Trinajstić information content (AvgIpc) is 3.20. The quantitative estimate of drug-likeness (QED) is 0.388. The van der Waals surface area contributed by atoms with Crippen molar-refractivity contribution in [2.75, 3.05) is 13.2 Å². The molecule has 0 fully saturated rings. The van der Waals surface area contributed by atoms with E-state index in [1.807, 2.05) is 65.2 Å². The van der Waals surface area contributed by atoms with E-state index in [4.69, 9.17) is 9.72 Å². The Morgan fingerprint density at radius 1 is 1.06 bits per heavy atom. The zero-order valence-corrected chi connectivity index (χ0v) is 18.8. The van der Waals surface area contributed by atoms with Crippen LogP contribution in [0, 0.1) is 0 Å². The van der Waals surface area contributed by atoms with Crippen molar-refractivity contribution in [3.05, 3.63) is 95.8 Å². The second kappa shape index (κ2) is 10.8. The van der Waals surface area contributed by atoms with Crippen LogP contribution in [0.2, 0.25) is 0 Å². The monoisotopic (exact) mass is 443 g/mol. The Labute approximate surface area is 193 Å². The lowest BCUT2D eigenvalue weighted by molar-refractivity contribution is 0.0922. The number of nitrogens with zero attached hydrogens (tertiary/aromatic N) is 2. The molecule has 0 spiro atoms. The maximum absolute atomic E-state index is 12.3. The third-order valence-corrected chi connectivity index (χ3v) is 5.55. The first-order valence-corrected chi connectivity index (χ1v) is 11.3. The van der Waals surface area contributed by atoms with Gasteiger partial charge in [-0.25, -0.2) is 4.98 Å². The number of amides is 1. The van der Waals surface area contributed by atoms with Crippen molar-refractivity contribution >= 4 is 16.9 Å². The van der Waals surface area contributed by atoms with Crippen LogP contribution >= 0.6 is 0 Å². The summed E-state index contributed by atoms with van der Waals surface area (Å²) in [5.74, 6) is 1.46. The van der Waals surface area contributed by atoms with Crippen LogP contribution in [0.3, 0.4) is 0 Å². The number of aliphatic hydroxyl groups is 1. The molecule has 1 atom stereocenters. The molecule has 0 saturated heterocycles. The SMILES string of the molecule is CCc1cccc(OCC(O)Cn2c(CCNC(=O)c3ccccc3)nc3ccccc32)c1. The van der Waals surface area contributed by atoms with Gasteiger partial charge >= 0.3 is 0 Å². The minimum atomic E-state index is -0.703. The Morgan fingerprint density at radius 2 is 1.85 bits per heavy atom. The molecule has 0 radical (unpaired) electrons. The van der Waals surface area contributed by atoms with E-state index in [0.717, 1.165) is 29.0 Å². The summed E-state index contributed by atoms with van der Waals surface area (Å²) in [7, 11) is 0. The predicted molar refractivity (Wildman–Crippen MR) is 130 cm³/mol. The van der Waals surface area contributed by atoms with Gasteiger partial charge in [0.25, 0.3) is 5.91 Å². The molecule has 170 valence electrons. The smallest absolute Gasteiger partial charge is 0.251 e. The molecular weight excluding hydrogens is 414 g/mol. The average molecular weight is 444 g/mol. The molecule has 3 aromatic carbocycles. The van der Waals surface area contributed by atoms with Crippen molar-refractivity contribution in [1.82, 2.24) is 14.9 Å². The van der Waals surface area contributed by atoms with Crippen LogP contribution in [0.25, 0.3) is 11.0 Å². The van der Waals surface area contributed by atoms with Gasteiger partial charge in [0.1, 0.15) is 24.3 Å². The molecule has 1 aromatic heterocycles. The highest BCUT2D eigenvalue weighted by atomic mass is 16.5. The largest absolute Gasteiger partial charge is 0.491 e. The van der Waals surface area contributed by atoms with Crippen molar-refractivity contribution in [3.63, 3.8) is 0 Å². The van der Waals surface area contributed by atoms with Crippen molar-refractivity contribution in [1.29, 1.82) is 0 Å². The number of para-hydroxylation sites is 2. The van der Waals surface area contributed by atoms with Gasteiger partial charge < -0.3 is 19.7 Å². The molecule has 0 aliphatic rings. The Bertz CT molecular complexity index is 1200. The lowest BCUT2D eigenvalue weighted by Gasteiger charge is -2.16. The van der Waals surface area contributed by atoms with Crippen molar-refractivity contribution in [2.24, 2.45) is 0 Å². The van der Waals surface area contributed by atoms with Crippen molar-refractivity contribution in [2.45, 2.75) is 32.4 Å². The van der Waals surface area contributed by atoms with Gasteiger partial charge in [-0.3, -0.25) is 4.79 Å². The first-order chi connectivity index (χ1) is 16.1. The minimum absolute atomic E-state index is 0.110. The number of aromatic nitrogens is 2. The van der Waals surface area contributed by atoms with E-state index >= 15 is 0 Å². The van der Waals surface area contributed by atoms with Gasteiger partial charge in [-0.05, 0) is 48.4 Å². The molecule has 6 heteroatoms. The van der Waals surface area contributed by atoms with Crippen LogP contribution < -0.4 is 10.1 Å². The van der Waals surface area contributed by atoms with Crippen LogP contribution in [0.5, 0.6) is 5.75 Å². The van der Waals surface area contributed by atoms with Gasteiger partial charge in [0.2, 0.25) is 0 Å². The maximum Gasteiger partial charge on any atom is 0.251 e. The molecule has 0 bridgehead atoms. The second-order valence-corrected chi connectivity index (χ2v) is 7.97. The van der Waals surface area contributed by atoms with Gasteiger partial charge in [0, 0.05) is 18.5 Å². The summed E-state index contributed by atoms with van der Waals surface area (Å²) >= 11 is 0. The number of rotatable bonds is 10. The van der Waals surface area contributed by atoms with E-state index in [1.165, 1.54) is 5.56 Å². The Hall–Kier alpha value is -3.64. The zero-order valence-electron chi connectivity index (χ0n) is 18.8. The Kier molecular flexibility index (Phi) is 7.37. The number of hydrogen-bond acceptors (Lipinski definition) is 4. The number of imidazole rings is 1. The Morgan fingerprint density at radius 3 is 2.67 bits per heavy atom. The highest BCUT2D eigenvalue weighted by molar-refractivity contribution is 5.94. The number of nitrogens with one attached hydrogen (secondary N) is 1. The summed E-state index contributed by atoms with van der Waals surface area (Å²) in [4.78, 5) is 17.1. The van der Waals surface area contributed by atoms with Gasteiger partial charge in [-0.2, -0.15) is 0 Å². The van der Waals surface area contributed by atoms with E-state index in [2.05, 4.69) is 18.3 Å². The van der Waals surface area contributed by atoms with Gasteiger partial charge in [-0.1, -0.05) is 49.4 Å². The van der Waals surface area contributed by atoms with Crippen molar-refractivity contribution < 1.29 is 14.6 Å². The highest BCUT2D eigenvalue weighted by Gasteiger charge is 2.15. The summed E-state index contributed by atoms with van der Waals surface area (Å²) < 4.78 is 7.85. The predicted octanol–water partition coefficient (Wildman–Crippen LogP) is 4.01. The molecule has 0 aliphatic carbocycles. The highest BCUT2D eigenvalue weighted by Crippen LogP contribution is 2.18. The molecule has 0 aliphatic heterocycles. The van der Waals surface area contributed by atoms with Crippen LogP contribution in [0.4, 0.5) is 0 Å². The number of carbonyl (C=O) groups excluding carboxylic acids is 1. The molecular formula is C27H29N3O3. The number of benzene rings is 3. The van der Waals surface area contributed by atoms with Crippen LogP contribution in [0.15, 0.2) is 78.9 Å². The molecule has 1 heterocycles. The second-order valence-electron chi connectivity index (χ2n) is 7.97. The number of fused-ring (bicyclic) bond motifs is 1. The summed E-state index contributed by atoms with van der Waals surface area (Å²) in [5.41, 5.74) is 3.65. The van der Waals surface area contributed by atoms with E-state index in [9.17, 15) is 9.90 Å².